The molecule has 1 aromatic heterocycles. The Morgan fingerprint density at radius 1 is 1.53 bits per heavy atom. The summed E-state index contributed by atoms with van der Waals surface area (Å²) in [5.74, 6) is -0.360. The van der Waals surface area contributed by atoms with Gasteiger partial charge >= 0.3 is 0 Å². The highest BCUT2D eigenvalue weighted by Gasteiger charge is 2.24. The maximum Gasteiger partial charge on any atom is 0.237 e. The molecule has 0 bridgehead atoms. The molecule has 0 aliphatic carbocycles. The van der Waals surface area contributed by atoms with Gasteiger partial charge in [-0.1, -0.05) is 0 Å². The molecule has 0 saturated heterocycles. The van der Waals surface area contributed by atoms with Gasteiger partial charge in [-0.05, 0) is 27.7 Å². The van der Waals surface area contributed by atoms with Crippen LogP contribution in [0, 0.1) is 13.8 Å². The number of aromatic amines is 1. The smallest absolute Gasteiger partial charge is 0.237 e. The van der Waals surface area contributed by atoms with E-state index in [1.807, 2.05) is 13.8 Å². The normalized spacial score (nSPS) is 11.7. The van der Waals surface area contributed by atoms with Crippen molar-refractivity contribution in [2.45, 2.75) is 39.8 Å². The average molecular weight is 210 g/mol. The Bertz CT molecular complexity index is 348. The number of aromatic nitrogens is 2. The van der Waals surface area contributed by atoms with Crippen LogP contribution in [0.2, 0.25) is 0 Å². The highest BCUT2D eigenvalue weighted by Crippen LogP contribution is 2.11. The largest absolute Gasteiger partial charge is 0.368 e. The van der Waals surface area contributed by atoms with Gasteiger partial charge in [-0.25, -0.2) is 0 Å². The third kappa shape index (κ3) is 2.56. The second kappa shape index (κ2) is 4.02. The first-order valence-electron chi connectivity index (χ1n) is 4.90. The van der Waals surface area contributed by atoms with Crippen LogP contribution in [0.15, 0.2) is 0 Å². The Balaban J connectivity index is 2.69. The third-order valence-corrected chi connectivity index (χ3v) is 2.60. The number of nitrogens with two attached hydrogens (primary N) is 1. The van der Waals surface area contributed by atoms with Crippen LogP contribution in [-0.2, 0) is 11.3 Å². The van der Waals surface area contributed by atoms with E-state index in [-0.39, 0.29) is 5.91 Å². The van der Waals surface area contributed by atoms with Crippen LogP contribution >= 0.6 is 0 Å². The zero-order valence-electron chi connectivity index (χ0n) is 9.64. The van der Waals surface area contributed by atoms with E-state index in [0.29, 0.717) is 6.54 Å². The van der Waals surface area contributed by atoms with Crippen molar-refractivity contribution >= 4 is 5.91 Å². The minimum atomic E-state index is -0.698. The van der Waals surface area contributed by atoms with Crippen molar-refractivity contribution in [1.29, 1.82) is 0 Å². The molecule has 0 aliphatic rings. The molecule has 1 heterocycles. The Morgan fingerprint density at radius 2 is 2.13 bits per heavy atom. The fourth-order valence-electron chi connectivity index (χ4n) is 1.23. The molecule has 1 aromatic rings. The molecule has 84 valence electrons. The highest BCUT2D eigenvalue weighted by atomic mass is 16.1. The number of aryl methyl sites for hydroxylation is 2. The summed E-state index contributed by atoms with van der Waals surface area (Å²) in [7, 11) is 0. The molecule has 0 atom stereocenters. The number of rotatable bonds is 4. The SMILES string of the molecule is Cc1n[nH]c(C)c1CNC(C)(C)C(N)=O. The van der Waals surface area contributed by atoms with E-state index in [1.165, 1.54) is 0 Å². The molecule has 0 unspecified atom stereocenters. The number of nitrogens with one attached hydrogen (secondary N) is 2. The van der Waals surface area contributed by atoms with Crippen LogP contribution in [0.4, 0.5) is 0 Å². The first-order valence-corrected chi connectivity index (χ1v) is 4.90. The first-order chi connectivity index (χ1) is 6.84. The monoisotopic (exact) mass is 210 g/mol. The zero-order chi connectivity index (χ0) is 11.6. The highest BCUT2D eigenvalue weighted by molar-refractivity contribution is 5.83. The van der Waals surface area contributed by atoms with Gasteiger partial charge in [0, 0.05) is 17.8 Å². The van der Waals surface area contributed by atoms with Gasteiger partial charge in [-0.2, -0.15) is 5.10 Å². The van der Waals surface area contributed by atoms with Crippen molar-refractivity contribution < 1.29 is 4.79 Å². The van der Waals surface area contributed by atoms with Gasteiger partial charge in [0.25, 0.3) is 0 Å². The number of hydrogen-bond donors (Lipinski definition) is 3. The molecule has 15 heavy (non-hydrogen) atoms. The van der Waals surface area contributed by atoms with Crippen molar-refractivity contribution in [3.63, 3.8) is 0 Å². The number of H-pyrrole nitrogens is 1. The van der Waals surface area contributed by atoms with E-state index < -0.39 is 5.54 Å². The summed E-state index contributed by atoms with van der Waals surface area (Å²) >= 11 is 0. The van der Waals surface area contributed by atoms with Gasteiger partial charge in [0.2, 0.25) is 5.91 Å². The van der Waals surface area contributed by atoms with Crippen molar-refractivity contribution in [1.82, 2.24) is 15.5 Å². The lowest BCUT2D eigenvalue weighted by Gasteiger charge is -2.22. The summed E-state index contributed by atoms with van der Waals surface area (Å²) in [6.07, 6.45) is 0. The molecular formula is C10H18N4O. The minimum Gasteiger partial charge on any atom is -0.368 e. The topological polar surface area (TPSA) is 83.8 Å². The van der Waals surface area contributed by atoms with Crippen LogP contribution in [0.5, 0.6) is 0 Å². The Hall–Kier alpha value is -1.36. The Labute approximate surface area is 89.4 Å². The quantitative estimate of drug-likeness (QED) is 0.671. The second-order valence-electron chi connectivity index (χ2n) is 4.26. The summed E-state index contributed by atoms with van der Waals surface area (Å²) in [4.78, 5) is 11.1. The molecule has 1 amide bonds. The number of nitrogens with zero attached hydrogens (tertiary/aromatic N) is 1. The van der Waals surface area contributed by atoms with E-state index in [4.69, 9.17) is 5.73 Å². The van der Waals surface area contributed by atoms with E-state index in [0.717, 1.165) is 17.0 Å². The number of primary amides is 1. The molecule has 0 aliphatic heterocycles. The molecule has 0 radical (unpaired) electrons. The molecule has 1 rings (SSSR count). The van der Waals surface area contributed by atoms with E-state index in [9.17, 15) is 4.79 Å². The number of carbonyl (C=O) groups excluding carboxylic acids is 1. The molecule has 0 spiro atoms. The fourth-order valence-corrected chi connectivity index (χ4v) is 1.23. The van der Waals surface area contributed by atoms with Gasteiger partial charge in [-0.3, -0.25) is 15.2 Å². The molecule has 0 aromatic carbocycles. The van der Waals surface area contributed by atoms with Gasteiger partial charge in [-0.15, -0.1) is 0 Å². The van der Waals surface area contributed by atoms with Crippen LogP contribution in [0.25, 0.3) is 0 Å². The van der Waals surface area contributed by atoms with Gasteiger partial charge in [0.15, 0.2) is 0 Å². The molecular weight excluding hydrogens is 192 g/mol. The van der Waals surface area contributed by atoms with Gasteiger partial charge < -0.3 is 5.73 Å². The number of hydrogen-bond acceptors (Lipinski definition) is 3. The predicted molar refractivity (Wildman–Crippen MR) is 58.2 cm³/mol. The van der Waals surface area contributed by atoms with Gasteiger partial charge in [0.1, 0.15) is 0 Å². The van der Waals surface area contributed by atoms with Crippen molar-refractivity contribution in [2.24, 2.45) is 5.73 Å². The van der Waals surface area contributed by atoms with Crippen molar-refractivity contribution in [2.75, 3.05) is 0 Å². The van der Waals surface area contributed by atoms with Crippen molar-refractivity contribution in [3.8, 4) is 0 Å². The van der Waals surface area contributed by atoms with Gasteiger partial charge in [0.05, 0.1) is 11.2 Å². The lowest BCUT2D eigenvalue weighted by Crippen LogP contribution is -2.50. The molecule has 5 heteroatoms. The van der Waals surface area contributed by atoms with Crippen LogP contribution in [-0.4, -0.2) is 21.6 Å². The van der Waals surface area contributed by atoms with Crippen molar-refractivity contribution in [3.05, 3.63) is 17.0 Å². The van der Waals surface area contributed by atoms with E-state index in [2.05, 4.69) is 15.5 Å². The fraction of sp³-hybridized carbons (Fsp3) is 0.600. The van der Waals surface area contributed by atoms with Crippen LogP contribution in [0.1, 0.15) is 30.8 Å². The Kier molecular flexibility index (Phi) is 3.14. The maximum absolute atomic E-state index is 11.1. The summed E-state index contributed by atoms with van der Waals surface area (Å²) < 4.78 is 0. The molecule has 0 saturated carbocycles. The van der Waals surface area contributed by atoms with E-state index in [1.54, 1.807) is 13.8 Å². The van der Waals surface area contributed by atoms with E-state index >= 15 is 0 Å². The summed E-state index contributed by atoms with van der Waals surface area (Å²) in [6, 6.07) is 0. The molecule has 5 nitrogen and oxygen atoms in total. The maximum atomic E-state index is 11.1. The molecule has 4 N–H and O–H groups in total. The lowest BCUT2D eigenvalue weighted by molar-refractivity contribution is -0.123. The number of amides is 1. The molecule has 0 fully saturated rings. The third-order valence-electron chi connectivity index (χ3n) is 2.60. The second-order valence-corrected chi connectivity index (χ2v) is 4.26. The predicted octanol–water partition coefficient (Wildman–Crippen LogP) is 0.380. The zero-order valence-corrected chi connectivity index (χ0v) is 9.64. The first kappa shape index (κ1) is 11.7. The van der Waals surface area contributed by atoms with Crippen LogP contribution < -0.4 is 11.1 Å². The lowest BCUT2D eigenvalue weighted by atomic mass is 10.0. The summed E-state index contributed by atoms with van der Waals surface area (Å²) in [5, 5.41) is 10.1. The summed E-state index contributed by atoms with van der Waals surface area (Å²) in [5.41, 5.74) is 7.61. The minimum absolute atomic E-state index is 0.360. The average Bonchev–Trinajstić information content (AvgIpc) is 2.43. The van der Waals surface area contributed by atoms with Crippen LogP contribution in [0.3, 0.4) is 0 Å². The summed E-state index contributed by atoms with van der Waals surface area (Å²) in [6.45, 7) is 8.00. The Morgan fingerprint density at radius 3 is 2.53 bits per heavy atom. The number of carbonyl (C=O) groups is 1. The standard InChI is InChI=1S/C10H18N4O/c1-6-8(7(2)14-13-6)5-12-10(3,4)9(11)15/h12H,5H2,1-4H3,(H2,11,15)(H,13,14).